The minimum Gasteiger partial charge on any atom is -0.352 e. The van der Waals surface area contributed by atoms with Crippen molar-refractivity contribution in [1.82, 2.24) is 19.8 Å². The molecule has 168 valence electrons. The van der Waals surface area contributed by atoms with Crippen LogP contribution in [-0.4, -0.2) is 50.1 Å². The molecule has 7 heteroatoms. The molecule has 2 aromatic rings. The van der Waals surface area contributed by atoms with Crippen molar-refractivity contribution in [3.8, 4) is 0 Å². The predicted octanol–water partition coefficient (Wildman–Crippen LogP) is 4.37. The van der Waals surface area contributed by atoms with Crippen LogP contribution in [0, 0.1) is 0 Å². The summed E-state index contributed by atoms with van der Waals surface area (Å²) in [6.45, 7) is 4.52. The van der Waals surface area contributed by atoms with E-state index in [4.69, 9.17) is 4.98 Å². The highest BCUT2D eigenvalue weighted by atomic mass is 32.2. The second-order valence-electron chi connectivity index (χ2n) is 9.09. The van der Waals surface area contributed by atoms with Crippen molar-refractivity contribution in [3.63, 3.8) is 0 Å². The van der Waals surface area contributed by atoms with E-state index in [1.165, 1.54) is 37.4 Å². The van der Waals surface area contributed by atoms with Crippen molar-refractivity contribution in [2.75, 3.05) is 5.75 Å². The zero-order valence-electron chi connectivity index (χ0n) is 18.7. The van der Waals surface area contributed by atoms with Gasteiger partial charge in [0.15, 0.2) is 5.16 Å². The Bertz CT molecular complexity index is 911. The largest absolute Gasteiger partial charge is 0.352 e. The topological polar surface area (TPSA) is 67.2 Å². The first-order valence-corrected chi connectivity index (χ1v) is 12.7. The van der Waals surface area contributed by atoms with Gasteiger partial charge < -0.3 is 14.8 Å². The van der Waals surface area contributed by atoms with E-state index in [9.17, 15) is 9.59 Å². The van der Waals surface area contributed by atoms with Gasteiger partial charge in [-0.05, 0) is 58.1 Å². The number of fused-ring (bicyclic) bond motifs is 1. The number of carbonyl (C=O) groups excluding carboxylic acids is 2. The van der Waals surface area contributed by atoms with Crippen LogP contribution in [-0.2, 0) is 16.1 Å². The molecule has 1 aliphatic heterocycles. The van der Waals surface area contributed by atoms with Crippen molar-refractivity contribution < 1.29 is 9.59 Å². The number of carbonyl (C=O) groups is 2. The molecule has 31 heavy (non-hydrogen) atoms. The fourth-order valence-electron chi connectivity index (χ4n) is 5.09. The van der Waals surface area contributed by atoms with Crippen LogP contribution in [0.5, 0.6) is 0 Å². The molecule has 1 saturated heterocycles. The van der Waals surface area contributed by atoms with Crippen molar-refractivity contribution in [2.24, 2.45) is 0 Å². The Morgan fingerprint density at radius 3 is 2.48 bits per heavy atom. The van der Waals surface area contributed by atoms with Gasteiger partial charge in [0, 0.05) is 18.1 Å². The van der Waals surface area contributed by atoms with Gasteiger partial charge >= 0.3 is 0 Å². The van der Waals surface area contributed by atoms with Crippen molar-refractivity contribution in [2.45, 2.75) is 95.0 Å². The molecule has 0 radical (unpaired) electrons. The summed E-state index contributed by atoms with van der Waals surface area (Å²) >= 11 is 1.45. The number of para-hydroxylation sites is 2. The summed E-state index contributed by atoms with van der Waals surface area (Å²) in [5.41, 5.74) is 1.80. The number of rotatable bonds is 6. The molecule has 0 unspecified atom stereocenters. The summed E-state index contributed by atoms with van der Waals surface area (Å²) in [4.78, 5) is 32.6. The first-order chi connectivity index (χ1) is 15.0. The third kappa shape index (κ3) is 5.25. The highest BCUT2D eigenvalue weighted by Crippen LogP contribution is 2.27. The van der Waals surface area contributed by atoms with Crippen LogP contribution in [0.2, 0.25) is 0 Å². The van der Waals surface area contributed by atoms with Crippen molar-refractivity contribution in [3.05, 3.63) is 24.3 Å². The van der Waals surface area contributed by atoms with Crippen LogP contribution in [0.1, 0.15) is 65.2 Å². The Morgan fingerprint density at radius 1 is 1.03 bits per heavy atom. The number of hydrogen-bond donors (Lipinski definition) is 1. The summed E-state index contributed by atoms with van der Waals surface area (Å²) in [5, 5.41) is 3.95. The van der Waals surface area contributed by atoms with E-state index < -0.39 is 0 Å². The normalized spacial score (nSPS) is 22.6. The maximum absolute atomic E-state index is 13.0. The molecular formula is C24H34N4O2S. The zero-order valence-corrected chi connectivity index (χ0v) is 19.5. The van der Waals surface area contributed by atoms with Gasteiger partial charge in [-0.2, -0.15) is 0 Å². The molecule has 2 fully saturated rings. The Kier molecular flexibility index (Phi) is 7.20. The molecular weight excluding hydrogens is 408 g/mol. The van der Waals surface area contributed by atoms with Crippen LogP contribution < -0.4 is 5.32 Å². The minimum absolute atomic E-state index is 0.0292. The molecule has 1 aromatic carbocycles. The van der Waals surface area contributed by atoms with E-state index in [0.717, 1.165) is 41.9 Å². The molecule has 2 atom stereocenters. The number of likely N-dealkylation sites (tertiary alicyclic amines) is 1. The standard InChI is InChI=1S/C24H34N4O2S/c1-17-9-8-10-18(2)28(17)23(30)16-31-24-26-20-13-6-7-14-21(20)27(24)15-22(29)25-19-11-4-3-5-12-19/h6-7,13-14,17-19H,3-5,8-12,15-16H2,1-2H3,(H,25,29)/t17-,18-/m0/s1. The summed E-state index contributed by atoms with van der Waals surface area (Å²) in [6, 6.07) is 8.75. The Balaban J connectivity index is 1.47. The Labute approximate surface area is 189 Å². The van der Waals surface area contributed by atoms with Gasteiger partial charge in [0.05, 0.1) is 16.8 Å². The molecule has 2 heterocycles. The second kappa shape index (κ2) is 10.1. The summed E-state index contributed by atoms with van der Waals surface area (Å²) in [7, 11) is 0. The van der Waals surface area contributed by atoms with E-state index in [2.05, 4.69) is 19.2 Å². The number of thioether (sulfide) groups is 1. The van der Waals surface area contributed by atoms with Crippen LogP contribution in [0.25, 0.3) is 11.0 Å². The predicted molar refractivity (Wildman–Crippen MR) is 125 cm³/mol. The van der Waals surface area contributed by atoms with E-state index >= 15 is 0 Å². The maximum atomic E-state index is 13.0. The lowest BCUT2D eigenvalue weighted by Crippen LogP contribution is -2.48. The van der Waals surface area contributed by atoms with Crippen molar-refractivity contribution >= 4 is 34.6 Å². The average Bonchev–Trinajstić information content (AvgIpc) is 3.10. The number of nitrogens with one attached hydrogen (secondary N) is 1. The number of piperidine rings is 1. The lowest BCUT2D eigenvalue weighted by molar-refractivity contribution is -0.134. The molecule has 2 aliphatic rings. The highest BCUT2D eigenvalue weighted by Gasteiger charge is 2.29. The quantitative estimate of drug-likeness (QED) is 0.675. The van der Waals surface area contributed by atoms with E-state index in [-0.39, 0.29) is 36.5 Å². The van der Waals surface area contributed by atoms with Crippen LogP contribution in [0.15, 0.2) is 29.4 Å². The Morgan fingerprint density at radius 2 is 1.74 bits per heavy atom. The first-order valence-electron chi connectivity index (χ1n) is 11.7. The molecule has 0 bridgehead atoms. The van der Waals surface area contributed by atoms with Crippen molar-refractivity contribution in [1.29, 1.82) is 0 Å². The number of imidazole rings is 1. The van der Waals surface area contributed by atoms with Gasteiger partial charge in [-0.3, -0.25) is 9.59 Å². The molecule has 1 saturated carbocycles. The first kappa shape index (κ1) is 22.2. The molecule has 1 aliphatic carbocycles. The van der Waals surface area contributed by atoms with Gasteiger partial charge in [-0.1, -0.05) is 43.2 Å². The molecule has 6 nitrogen and oxygen atoms in total. The van der Waals surface area contributed by atoms with E-state index in [0.29, 0.717) is 5.75 Å². The smallest absolute Gasteiger partial charge is 0.240 e. The fourth-order valence-corrected chi connectivity index (χ4v) is 5.98. The second-order valence-corrected chi connectivity index (χ2v) is 10.0. The van der Waals surface area contributed by atoms with Crippen LogP contribution in [0.3, 0.4) is 0 Å². The average molecular weight is 443 g/mol. The van der Waals surface area contributed by atoms with Gasteiger partial charge in [0.25, 0.3) is 0 Å². The van der Waals surface area contributed by atoms with Crippen LogP contribution in [0.4, 0.5) is 0 Å². The fraction of sp³-hybridized carbons (Fsp3) is 0.625. The van der Waals surface area contributed by atoms with E-state index in [1.54, 1.807) is 0 Å². The molecule has 1 N–H and O–H groups in total. The third-order valence-electron chi connectivity index (χ3n) is 6.70. The monoisotopic (exact) mass is 442 g/mol. The number of hydrogen-bond acceptors (Lipinski definition) is 4. The maximum Gasteiger partial charge on any atom is 0.240 e. The van der Waals surface area contributed by atoms with Gasteiger partial charge in [-0.25, -0.2) is 4.98 Å². The summed E-state index contributed by atoms with van der Waals surface area (Å²) in [5.74, 6) is 0.541. The zero-order chi connectivity index (χ0) is 21.8. The Hall–Kier alpha value is -2.02. The summed E-state index contributed by atoms with van der Waals surface area (Å²) < 4.78 is 1.97. The molecule has 0 spiro atoms. The van der Waals surface area contributed by atoms with Gasteiger partial charge in [-0.15, -0.1) is 0 Å². The number of amides is 2. The molecule has 2 amide bonds. The number of benzene rings is 1. The molecule has 1 aromatic heterocycles. The van der Waals surface area contributed by atoms with Gasteiger partial charge in [0.1, 0.15) is 6.54 Å². The van der Waals surface area contributed by atoms with Crippen LogP contribution >= 0.6 is 11.8 Å². The number of nitrogens with zero attached hydrogens (tertiary/aromatic N) is 3. The van der Waals surface area contributed by atoms with Gasteiger partial charge in [0.2, 0.25) is 11.8 Å². The summed E-state index contributed by atoms with van der Waals surface area (Å²) in [6.07, 6.45) is 9.11. The number of aromatic nitrogens is 2. The molecule has 4 rings (SSSR count). The SMILES string of the molecule is C[C@H]1CCC[C@H](C)N1C(=O)CSc1nc2ccccc2n1CC(=O)NC1CCCCC1. The lowest BCUT2D eigenvalue weighted by atomic mass is 9.95. The third-order valence-corrected chi connectivity index (χ3v) is 7.66. The highest BCUT2D eigenvalue weighted by molar-refractivity contribution is 7.99. The minimum atomic E-state index is 0.0292. The van der Waals surface area contributed by atoms with E-state index in [1.807, 2.05) is 33.7 Å². The lowest BCUT2D eigenvalue weighted by Gasteiger charge is -2.39.